The predicted octanol–water partition coefficient (Wildman–Crippen LogP) is 0.297. The van der Waals surface area contributed by atoms with Gasteiger partial charge in [-0.2, -0.15) is 0 Å². The first-order valence-corrected chi connectivity index (χ1v) is 5.05. The second-order valence-electron chi connectivity index (χ2n) is 2.43. The molecule has 5 N–H and O–H groups in total. The fraction of sp³-hybridized carbons (Fsp3) is 0.250. The Morgan fingerprint density at radius 3 is 2.93 bits per heavy atom. The van der Waals surface area contributed by atoms with Crippen molar-refractivity contribution in [3.05, 3.63) is 22.1 Å². The molecule has 0 rings (SSSR count). The molecule has 0 aromatic heterocycles. The number of rotatable bonds is 7. The lowest BCUT2D eigenvalue weighted by molar-refractivity contribution is 0.170. The molecule has 0 aliphatic carbocycles. The van der Waals surface area contributed by atoms with Gasteiger partial charge in [0, 0.05) is 16.0 Å². The minimum atomic E-state index is -0.296. The van der Waals surface area contributed by atoms with Crippen LogP contribution in [0.1, 0.15) is 0 Å². The molecule has 6 nitrogen and oxygen atoms in total. The van der Waals surface area contributed by atoms with Gasteiger partial charge in [-0.3, -0.25) is 0 Å². The van der Waals surface area contributed by atoms with Crippen molar-refractivity contribution >= 4 is 34.6 Å². The first-order chi connectivity index (χ1) is 7.10. The summed E-state index contributed by atoms with van der Waals surface area (Å²) in [6, 6.07) is 0. The van der Waals surface area contributed by atoms with Crippen LogP contribution in [-0.2, 0) is 4.84 Å². The van der Waals surface area contributed by atoms with Crippen LogP contribution < -0.4 is 11.1 Å². The van der Waals surface area contributed by atoms with Crippen molar-refractivity contribution in [1.29, 1.82) is 5.41 Å². The Hall–Kier alpha value is -1.09. The first kappa shape index (κ1) is 13.9. The highest BCUT2D eigenvalue weighted by molar-refractivity contribution is 14.1. The highest BCUT2D eigenvalue weighted by Gasteiger charge is 1.93. The normalized spacial score (nSPS) is 12.1. The van der Waals surface area contributed by atoms with Crippen molar-refractivity contribution in [3.8, 4) is 0 Å². The van der Waals surface area contributed by atoms with E-state index >= 15 is 0 Å². The summed E-state index contributed by atoms with van der Waals surface area (Å²) in [5, 5.41) is 21.8. The number of aliphatic hydroxyl groups is 1. The summed E-state index contributed by atoms with van der Waals surface area (Å²) in [5.41, 5.74) is 5.46. The Balaban J connectivity index is 3.87. The summed E-state index contributed by atoms with van der Waals surface area (Å²) in [5.74, 6) is 0.345. The van der Waals surface area contributed by atoms with Gasteiger partial charge in [-0.05, 0) is 22.6 Å². The average molecular weight is 324 g/mol. The van der Waals surface area contributed by atoms with Crippen molar-refractivity contribution in [2.24, 2.45) is 10.9 Å². The van der Waals surface area contributed by atoms with Crippen molar-refractivity contribution in [1.82, 2.24) is 5.32 Å². The zero-order valence-corrected chi connectivity index (χ0v) is 10.2. The van der Waals surface area contributed by atoms with Crippen LogP contribution >= 0.6 is 22.6 Å². The van der Waals surface area contributed by atoms with Gasteiger partial charge in [-0.15, -0.1) is 0 Å². The Morgan fingerprint density at radius 1 is 1.73 bits per heavy atom. The molecule has 0 aliphatic rings. The predicted molar refractivity (Wildman–Crippen MR) is 67.8 cm³/mol. The molecule has 7 heteroatoms. The monoisotopic (exact) mass is 324 g/mol. The number of nitrogens with two attached hydrogens (primary N) is 1. The molecule has 15 heavy (non-hydrogen) atoms. The van der Waals surface area contributed by atoms with Crippen LogP contribution in [0.15, 0.2) is 27.3 Å². The molecule has 0 amide bonds. The van der Waals surface area contributed by atoms with Crippen molar-refractivity contribution < 1.29 is 9.94 Å². The van der Waals surface area contributed by atoms with Crippen molar-refractivity contribution in [2.75, 3.05) is 13.2 Å². The zero-order valence-electron chi connectivity index (χ0n) is 8.03. The van der Waals surface area contributed by atoms with Crippen LogP contribution in [0.3, 0.4) is 0 Å². The molecule has 0 atom stereocenters. The summed E-state index contributed by atoms with van der Waals surface area (Å²) in [7, 11) is 0. The zero-order chi connectivity index (χ0) is 11.7. The van der Waals surface area contributed by atoms with E-state index in [0.29, 0.717) is 6.54 Å². The van der Waals surface area contributed by atoms with Gasteiger partial charge in [-0.25, -0.2) is 0 Å². The van der Waals surface area contributed by atoms with Gasteiger partial charge in [0.25, 0.3) is 0 Å². The Morgan fingerprint density at radius 2 is 2.40 bits per heavy atom. The summed E-state index contributed by atoms with van der Waals surface area (Å²) in [6.07, 6.45) is 2.82. The van der Waals surface area contributed by atoms with Gasteiger partial charge in [-0.1, -0.05) is 11.7 Å². The lowest BCUT2D eigenvalue weighted by Gasteiger charge is -2.02. The third-order valence-electron chi connectivity index (χ3n) is 1.13. The molecule has 0 radical (unpaired) electrons. The van der Waals surface area contributed by atoms with Crippen molar-refractivity contribution in [2.45, 2.75) is 0 Å². The third kappa shape index (κ3) is 7.94. The number of halogens is 1. The maximum absolute atomic E-state index is 8.54. The first-order valence-electron chi connectivity index (χ1n) is 3.97. The van der Waals surface area contributed by atoms with E-state index in [1.807, 2.05) is 22.6 Å². The van der Waals surface area contributed by atoms with E-state index in [0.717, 1.165) is 3.58 Å². The number of nitrogens with one attached hydrogen (secondary N) is 2. The molecule has 0 aliphatic heterocycles. The van der Waals surface area contributed by atoms with E-state index in [1.165, 1.54) is 6.21 Å². The topological polar surface area (TPSA) is 104 Å². The summed E-state index contributed by atoms with van der Waals surface area (Å²) in [6.45, 7) is 3.36. The smallest absolute Gasteiger partial charge is 0.159 e. The van der Waals surface area contributed by atoms with Gasteiger partial charge in [0.05, 0.1) is 6.54 Å². The molecule has 0 fully saturated rings. The maximum Gasteiger partial charge on any atom is 0.159 e. The number of hydrogen-bond donors (Lipinski definition) is 4. The number of nitrogens with zero attached hydrogens (tertiary/aromatic N) is 1. The average Bonchev–Trinajstić information content (AvgIpc) is 2.25. The molecule has 0 heterocycles. The molecular weight excluding hydrogens is 311 g/mol. The number of allylic oxidation sites excluding steroid dienone is 1. The Kier molecular flexibility index (Phi) is 7.64. The second-order valence-corrected chi connectivity index (χ2v) is 3.67. The lowest BCUT2D eigenvalue weighted by Crippen LogP contribution is -2.26. The fourth-order valence-corrected chi connectivity index (χ4v) is 0.699. The van der Waals surface area contributed by atoms with Gasteiger partial charge in [0.15, 0.2) is 11.6 Å². The standard InChI is InChI=1S/C8H13IN4O2/c1-6(5-14)15-13-8(11)4-12-3-7(9)2-10/h2-3,10,12,14H,1,4-5H2,(H2,11,13)/b7-3+,10-2?. The molecule has 0 bridgehead atoms. The van der Waals surface area contributed by atoms with Gasteiger partial charge >= 0.3 is 0 Å². The molecule has 0 aromatic carbocycles. The number of aliphatic hydroxyl groups excluding tert-OH is 1. The molecule has 0 saturated carbocycles. The fourth-order valence-electron chi connectivity index (χ4n) is 0.479. The molecule has 0 saturated heterocycles. The van der Waals surface area contributed by atoms with Crippen LogP contribution in [-0.4, -0.2) is 30.3 Å². The minimum absolute atomic E-state index is 0.127. The molecule has 0 unspecified atom stereocenters. The van der Waals surface area contributed by atoms with Crippen LogP contribution in [0.25, 0.3) is 0 Å². The highest BCUT2D eigenvalue weighted by Crippen LogP contribution is 1.97. The SMILES string of the molecule is C=C(CO)O/N=C(\N)CN/C=C(/I)C=N. The van der Waals surface area contributed by atoms with Crippen molar-refractivity contribution in [3.63, 3.8) is 0 Å². The quantitative estimate of drug-likeness (QED) is 0.178. The van der Waals surface area contributed by atoms with E-state index < -0.39 is 0 Å². The number of oxime groups is 1. The van der Waals surface area contributed by atoms with E-state index in [9.17, 15) is 0 Å². The Bertz CT molecular complexity index is 288. The van der Waals surface area contributed by atoms with Gasteiger partial charge in [0.2, 0.25) is 0 Å². The lowest BCUT2D eigenvalue weighted by atomic mass is 10.5. The molecule has 0 spiro atoms. The van der Waals surface area contributed by atoms with E-state index in [4.69, 9.17) is 16.2 Å². The largest absolute Gasteiger partial charge is 0.388 e. The molecule has 0 aromatic rings. The van der Waals surface area contributed by atoms with Crippen LogP contribution in [0.4, 0.5) is 0 Å². The van der Waals surface area contributed by atoms with Crippen LogP contribution in [0.5, 0.6) is 0 Å². The van der Waals surface area contributed by atoms with E-state index in [1.54, 1.807) is 6.20 Å². The van der Waals surface area contributed by atoms with Crippen LogP contribution in [0, 0.1) is 5.41 Å². The number of amidine groups is 1. The third-order valence-corrected chi connectivity index (χ3v) is 1.75. The van der Waals surface area contributed by atoms with Gasteiger partial charge < -0.3 is 26.4 Å². The van der Waals surface area contributed by atoms with E-state index in [2.05, 4.69) is 21.9 Å². The minimum Gasteiger partial charge on any atom is -0.388 e. The summed E-state index contributed by atoms with van der Waals surface area (Å²) < 4.78 is 0.737. The van der Waals surface area contributed by atoms with Crippen LogP contribution in [0.2, 0.25) is 0 Å². The Labute approximate surface area is 102 Å². The maximum atomic E-state index is 8.54. The van der Waals surface area contributed by atoms with Gasteiger partial charge in [0.1, 0.15) is 6.61 Å². The molecule has 84 valence electrons. The van der Waals surface area contributed by atoms with E-state index in [-0.39, 0.29) is 18.2 Å². The number of hydrogen-bond acceptors (Lipinski definition) is 5. The summed E-state index contributed by atoms with van der Waals surface area (Å²) >= 11 is 1.99. The summed E-state index contributed by atoms with van der Waals surface area (Å²) in [4.78, 5) is 4.65. The highest BCUT2D eigenvalue weighted by atomic mass is 127. The second kappa shape index (κ2) is 8.24. The molecular formula is C8H13IN4O2.